The first-order valence-corrected chi connectivity index (χ1v) is 8.34. The van der Waals surface area contributed by atoms with Crippen LogP contribution < -0.4 is 0 Å². The van der Waals surface area contributed by atoms with Crippen LogP contribution in [-0.2, 0) is 23.1 Å². The molecule has 2 amide bonds. The van der Waals surface area contributed by atoms with Gasteiger partial charge in [0.15, 0.2) is 0 Å². The van der Waals surface area contributed by atoms with Gasteiger partial charge in [-0.15, -0.1) is 0 Å². The molecule has 0 spiro atoms. The number of rotatable bonds is 3. The number of likely N-dealkylation sites (tertiary alicyclic amines) is 1. The average Bonchev–Trinajstić information content (AvgIpc) is 3.24. The molecule has 2 saturated heterocycles. The fourth-order valence-electron chi connectivity index (χ4n) is 3.57. The van der Waals surface area contributed by atoms with E-state index in [1.54, 1.807) is 17.3 Å². The maximum atomic E-state index is 12.8. The Balaban J connectivity index is 1.53. The second kappa shape index (κ2) is 6.33. The number of carbonyl (C=O) groups is 2. The number of fused-ring (bicyclic) bond motifs is 1. The van der Waals surface area contributed by atoms with Crippen LogP contribution in [-0.4, -0.2) is 63.0 Å². The van der Waals surface area contributed by atoms with Crippen molar-refractivity contribution in [1.82, 2.24) is 19.4 Å². The molecule has 25 heavy (non-hydrogen) atoms. The van der Waals surface area contributed by atoms with Crippen LogP contribution in [0.3, 0.4) is 0 Å². The Bertz CT molecular complexity index is 789. The van der Waals surface area contributed by atoms with Crippen LogP contribution >= 0.6 is 0 Å². The highest BCUT2D eigenvalue weighted by Crippen LogP contribution is 2.26. The topological polar surface area (TPSA) is 67.7 Å². The van der Waals surface area contributed by atoms with Gasteiger partial charge in [0.25, 0.3) is 5.91 Å². The zero-order chi connectivity index (χ0) is 17.4. The quantitative estimate of drug-likeness (QED) is 0.824. The van der Waals surface area contributed by atoms with E-state index in [1.165, 1.54) is 0 Å². The molecule has 7 heteroatoms. The molecule has 0 saturated carbocycles. The summed E-state index contributed by atoms with van der Waals surface area (Å²) in [7, 11) is 1.85. The third-order valence-electron chi connectivity index (χ3n) is 4.93. The SMILES string of the molecule is Cn1cccc1C(=O)N1C[C@@H]2[C@@H](C1)OCC(=O)N2Cc1ccncc1. The number of hydrogen-bond donors (Lipinski definition) is 0. The number of amides is 2. The van der Waals surface area contributed by atoms with Crippen LogP contribution in [0.5, 0.6) is 0 Å². The van der Waals surface area contributed by atoms with Gasteiger partial charge in [0.1, 0.15) is 12.3 Å². The molecule has 2 fully saturated rings. The van der Waals surface area contributed by atoms with E-state index in [-0.39, 0.29) is 30.6 Å². The first-order chi connectivity index (χ1) is 12.1. The van der Waals surface area contributed by atoms with Gasteiger partial charge in [-0.25, -0.2) is 0 Å². The molecular formula is C18H20N4O3. The van der Waals surface area contributed by atoms with E-state index in [4.69, 9.17) is 4.74 Å². The third kappa shape index (κ3) is 2.91. The number of aryl methyl sites for hydroxylation is 1. The standard InChI is InChI=1S/C18H20N4O3/c1-20-8-2-3-14(20)18(24)21-10-15-16(11-21)25-12-17(23)22(15)9-13-4-6-19-7-5-13/h2-8,15-16H,9-12H2,1H3/t15-,16-/m1/s1. The molecule has 2 aliphatic heterocycles. The molecule has 2 atom stereocenters. The summed E-state index contributed by atoms with van der Waals surface area (Å²) in [5.41, 5.74) is 1.67. The maximum absolute atomic E-state index is 12.8. The van der Waals surface area contributed by atoms with Gasteiger partial charge in [0, 0.05) is 45.3 Å². The summed E-state index contributed by atoms with van der Waals surface area (Å²) in [6.07, 6.45) is 5.16. The number of carbonyl (C=O) groups excluding carboxylic acids is 2. The van der Waals surface area contributed by atoms with E-state index in [1.807, 2.05) is 47.0 Å². The largest absolute Gasteiger partial charge is 0.364 e. The highest BCUT2D eigenvalue weighted by Gasteiger charge is 2.44. The number of nitrogens with zero attached hydrogens (tertiary/aromatic N) is 4. The molecule has 0 N–H and O–H groups in total. The van der Waals surface area contributed by atoms with Gasteiger partial charge in [0.2, 0.25) is 5.91 Å². The van der Waals surface area contributed by atoms with Gasteiger partial charge in [0.05, 0.1) is 12.1 Å². The molecule has 4 rings (SSSR count). The van der Waals surface area contributed by atoms with Gasteiger partial charge in [-0.3, -0.25) is 14.6 Å². The highest BCUT2D eigenvalue weighted by atomic mass is 16.5. The van der Waals surface area contributed by atoms with Crippen LogP contribution in [0.1, 0.15) is 16.1 Å². The van der Waals surface area contributed by atoms with Gasteiger partial charge < -0.3 is 19.1 Å². The zero-order valence-electron chi connectivity index (χ0n) is 14.0. The molecule has 2 aromatic rings. The van der Waals surface area contributed by atoms with Crippen molar-refractivity contribution in [2.24, 2.45) is 7.05 Å². The van der Waals surface area contributed by atoms with Crippen molar-refractivity contribution >= 4 is 11.8 Å². The monoisotopic (exact) mass is 340 g/mol. The lowest BCUT2D eigenvalue weighted by Crippen LogP contribution is -2.53. The number of morpholine rings is 1. The van der Waals surface area contributed by atoms with Crippen molar-refractivity contribution in [3.8, 4) is 0 Å². The van der Waals surface area contributed by atoms with Crippen molar-refractivity contribution < 1.29 is 14.3 Å². The minimum absolute atomic E-state index is 0.0261. The second-order valence-electron chi connectivity index (χ2n) is 6.51. The Hall–Kier alpha value is -2.67. The van der Waals surface area contributed by atoms with Gasteiger partial charge in [-0.05, 0) is 29.8 Å². The van der Waals surface area contributed by atoms with E-state index >= 15 is 0 Å². The molecule has 7 nitrogen and oxygen atoms in total. The maximum Gasteiger partial charge on any atom is 0.270 e. The minimum atomic E-state index is -0.135. The van der Waals surface area contributed by atoms with Crippen molar-refractivity contribution in [3.05, 3.63) is 54.1 Å². The molecule has 0 unspecified atom stereocenters. The first kappa shape index (κ1) is 15.8. The van der Waals surface area contributed by atoms with Crippen LogP contribution in [0.15, 0.2) is 42.9 Å². The Morgan fingerprint density at radius 2 is 2.08 bits per heavy atom. The van der Waals surface area contributed by atoms with Crippen molar-refractivity contribution in [2.45, 2.75) is 18.7 Å². The van der Waals surface area contributed by atoms with E-state index in [0.717, 1.165) is 5.56 Å². The molecule has 0 bridgehead atoms. The summed E-state index contributed by atoms with van der Waals surface area (Å²) < 4.78 is 7.52. The van der Waals surface area contributed by atoms with Gasteiger partial charge in [-0.1, -0.05) is 0 Å². The van der Waals surface area contributed by atoms with Crippen LogP contribution in [0.4, 0.5) is 0 Å². The molecule has 2 aliphatic rings. The van der Waals surface area contributed by atoms with Gasteiger partial charge in [-0.2, -0.15) is 0 Å². The Morgan fingerprint density at radius 1 is 1.28 bits per heavy atom. The summed E-state index contributed by atoms with van der Waals surface area (Å²) in [6.45, 7) is 1.58. The molecule has 130 valence electrons. The van der Waals surface area contributed by atoms with E-state index in [2.05, 4.69) is 4.98 Å². The summed E-state index contributed by atoms with van der Waals surface area (Å²) >= 11 is 0. The second-order valence-corrected chi connectivity index (χ2v) is 6.51. The summed E-state index contributed by atoms with van der Waals surface area (Å²) in [4.78, 5) is 32.8. The molecule has 0 aliphatic carbocycles. The molecular weight excluding hydrogens is 320 g/mol. The summed E-state index contributed by atoms with van der Waals surface area (Å²) in [6, 6.07) is 7.36. The molecule has 0 radical (unpaired) electrons. The van der Waals surface area contributed by atoms with Crippen molar-refractivity contribution in [3.63, 3.8) is 0 Å². The summed E-state index contributed by atoms with van der Waals surface area (Å²) in [5.74, 6) is -0.0620. The average molecular weight is 340 g/mol. The Kier molecular flexibility index (Phi) is 4.01. The lowest BCUT2D eigenvalue weighted by atomic mass is 10.1. The Morgan fingerprint density at radius 3 is 2.80 bits per heavy atom. The van der Waals surface area contributed by atoms with E-state index in [9.17, 15) is 9.59 Å². The lowest BCUT2D eigenvalue weighted by Gasteiger charge is -2.36. The Labute approximate surface area is 145 Å². The predicted octanol–water partition coefficient (Wildman–Crippen LogP) is 0.672. The molecule has 2 aromatic heterocycles. The van der Waals surface area contributed by atoms with Crippen LogP contribution in [0.2, 0.25) is 0 Å². The highest BCUT2D eigenvalue weighted by molar-refractivity contribution is 5.93. The van der Waals surface area contributed by atoms with Gasteiger partial charge >= 0.3 is 0 Å². The summed E-state index contributed by atoms with van der Waals surface area (Å²) in [5, 5.41) is 0. The number of pyridine rings is 1. The fraction of sp³-hybridized carbons (Fsp3) is 0.389. The zero-order valence-corrected chi connectivity index (χ0v) is 14.0. The van der Waals surface area contributed by atoms with Crippen molar-refractivity contribution in [2.75, 3.05) is 19.7 Å². The molecule has 4 heterocycles. The fourth-order valence-corrected chi connectivity index (χ4v) is 3.57. The van der Waals surface area contributed by atoms with E-state index < -0.39 is 0 Å². The van der Waals surface area contributed by atoms with E-state index in [0.29, 0.717) is 25.3 Å². The minimum Gasteiger partial charge on any atom is -0.364 e. The first-order valence-electron chi connectivity index (χ1n) is 8.34. The number of ether oxygens (including phenoxy) is 1. The predicted molar refractivity (Wildman–Crippen MR) is 89.6 cm³/mol. The smallest absolute Gasteiger partial charge is 0.270 e. The third-order valence-corrected chi connectivity index (χ3v) is 4.93. The normalized spacial score (nSPS) is 23.0. The molecule has 0 aromatic carbocycles. The number of aromatic nitrogens is 2. The number of hydrogen-bond acceptors (Lipinski definition) is 4. The van der Waals surface area contributed by atoms with Crippen molar-refractivity contribution in [1.29, 1.82) is 0 Å². The van der Waals surface area contributed by atoms with Crippen LogP contribution in [0.25, 0.3) is 0 Å². The van der Waals surface area contributed by atoms with Crippen LogP contribution in [0, 0.1) is 0 Å². The lowest BCUT2D eigenvalue weighted by molar-refractivity contribution is -0.153.